The van der Waals surface area contributed by atoms with Crippen LogP contribution in [0.15, 0.2) is 0 Å². The molecule has 3 rings (SSSR count). The Morgan fingerprint density at radius 2 is 1.64 bits per heavy atom. The zero-order chi connectivity index (χ0) is 16.8. The van der Waals surface area contributed by atoms with Crippen LogP contribution >= 0.6 is 0 Å². The minimum absolute atomic E-state index is 0.0544. The standard InChI is InChI=1S/C14H20F3NO4/c1-11(2,3)22-10(20)18-12-4-6-13(7-5-12,21-8-12)9(19)14(15,16)17/h4-8H2,1-3H3,(H,18,20). The molecule has 1 N–H and O–H groups in total. The Morgan fingerprint density at radius 3 is 2.00 bits per heavy atom. The van der Waals surface area contributed by atoms with E-state index in [0.29, 0.717) is 0 Å². The number of Topliss-reactive ketones (excluding diaryl/α,β-unsaturated/α-hetero) is 1. The monoisotopic (exact) mass is 323 g/mol. The summed E-state index contributed by atoms with van der Waals surface area (Å²) in [5.41, 5.74) is -3.20. The molecule has 1 aliphatic carbocycles. The van der Waals surface area contributed by atoms with Gasteiger partial charge >= 0.3 is 12.3 Å². The van der Waals surface area contributed by atoms with Crippen molar-refractivity contribution in [3.05, 3.63) is 0 Å². The molecule has 1 saturated carbocycles. The van der Waals surface area contributed by atoms with Gasteiger partial charge in [-0.15, -0.1) is 0 Å². The number of ether oxygens (including phenoxy) is 2. The van der Waals surface area contributed by atoms with Crippen LogP contribution in [0.3, 0.4) is 0 Å². The Kier molecular flexibility index (Phi) is 3.96. The average Bonchev–Trinajstić information content (AvgIpc) is 2.36. The molecule has 3 aliphatic rings. The molecule has 1 amide bonds. The number of hydrogen-bond donors (Lipinski definition) is 1. The second-order valence-corrected chi connectivity index (χ2v) is 7.02. The van der Waals surface area contributed by atoms with Crippen molar-refractivity contribution in [3.8, 4) is 0 Å². The molecule has 3 fully saturated rings. The fourth-order valence-electron chi connectivity index (χ4n) is 2.93. The van der Waals surface area contributed by atoms with Crippen LogP contribution in [0.1, 0.15) is 46.5 Å². The molecule has 0 spiro atoms. The summed E-state index contributed by atoms with van der Waals surface area (Å²) in [5, 5.41) is 2.69. The molecule has 126 valence electrons. The molecule has 2 bridgehead atoms. The summed E-state index contributed by atoms with van der Waals surface area (Å²) in [7, 11) is 0. The van der Waals surface area contributed by atoms with E-state index in [9.17, 15) is 22.8 Å². The van der Waals surface area contributed by atoms with E-state index < -0.39 is 34.8 Å². The van der Waals surface area contributed by atoms with Crippen LogP contribution in [-0.2, 0) is 14.3 Å². The molecule has 0 aromatic carbocycles. The maximum absolute atomic E-state index is 12.7. The van der Waals surface area contributed by atoms with Gasteiger partial charge in [-0.05, 0) is 46.5 Å². The van der Waals surface area contributed by atoms with Crippen LogP contribution in [0.25, 0.3) is 0 Å². The van der Waals surface area contributed by atoms with E-state index >= 15 is 0 Å². The van der Waals surface area contributed by atoms with E-state index in [4.69, 9.17) is 9.47 Å². The number of ketones is 1. The number of amides is 1. The predicted molar refractivity (Wildman–Crippen MR) is 70.3 cm³/mol. The minimum atomic E-state index is -4.91. The van der Waals surface area contributed by atoms with E-state index in [1.54, 1.807) is 20.8 Å². The van der Waals surface area contributed by atoms with Gasteiger partial charge in [-0.1, -0.05) is 0 Å². The lowest BCUT2D eigenvalue weighted by atomic mass is 9.69. The molecule has 22 heavy (non-hydrogen) atoms. The lowest BCUT2D eigenvalue weighted by molar-refractivity contribution is -0.217. The Bertz CT molecular complexity index is 457. The molecule has 5 nitrogen and oxygen atoms in total. The first-order valence-corrected chi connectivity index (χ1v) is 7.14. The number of nitrogens with one attached hydrogen (secondary N) is 1. The molecular weight excluding hydrogens is 303 g/mol. The summed E-state index contributed by atoms with van der Waals surface area (Å²) in [6.45, 7) is 5.04. The first-order chi connectivity index (χ1) is 9.88. The third-order valence-corrected chi connectivity index (χ3v) is 4.08. The van der Waals surface area contributed by atoms with Crippen LogP contribution in [0, 0.1) is 0 Å². The number of alkyl carbamates (subject to hydrolysis) is 1. The van der Waals surface area contributed by atoms with Gasteiger partial charge in [0, 0.05) is 0 Å². The van der Waals surface area contributed by atoms with Gasteiger partial charge in [-0.3, -0.25) is 4.79 Å². The van der Waals surface area contributed by atoms with Crippen LogP contribution in [-0.4, -0.2) is 41.4 Å². The maximum Gasteiger partial charge on any atom is 0.453 e. The van der Waals surface area contributed by atoms with Gasteiger partial charge in [-0.25, -0.2) is 4.79 Å². The van der Waals surface area contributed by atoms with Crippen molar-refractivity contribution in [2.24, 2.45) is 0 Å². The van der Waals surface area contributed by atoms with Crippen molar-refractivity contribution in [1.82, 2.24) is 5.32 Å². The van der Waals surface area contributed by atoms with Crippen molar-refractivity contribution >= 4 is 11.9 Å². The summed E-state index contributed by atoms with van der Waals surface area (Å²) in [6.07, 6.45) is -5.13. The zero-order valence-electron chi connectivity index (χ0n) is 12.8. The molecule has 8 heteroatoms. The third-order valence-electron chi connectivity index (χ3n) is 4.08. The minimum Gasteiger partial charge on any atom is -0.444 e. The highest BCUT2D eigenvalue weighted by Gasteiger charge is 2.60. The fraction of sp³-hybridized carbons (Fsp3) is 0.857. The smallest absolute Gasteiger partial charge is 0.444 e. The van der Waals surface area contributed by atoms with E-state index in [1.165, 1.54) is 0 Å². The normalized spacial score (nSPS) is 31.7. The van der Waals surface area contributed by atoms with Crippen LogP contribution in [0.5, 0.6) is 0 Å². The van der Waals surface area contributed by atoms with Gasteiger partial charge < -0.3 is 14.8 Å². The van der Waals surface area contributed by atoms with Crippen molar-refractivity contribution in [1.29, 1.82) is 0 Å². The van der Waals surface area contributed by atoms with Crippen LogP contribution < -0.4 is 5.32 Å². The summed E-state index contributed by atoms with van der Waals surface area (Å²) >= 11 is 0. The number of alkyl halides is 3. The largest absolute Gasteiger partial charge is 0.453 e. The maximum atomic E-state index is 12.7. The van der Waals surface area contributed by atoms with E-state index in [2.05, 4.69) is 5.32 Å². The van der Waals surface area contributed by atoms with Crippen LogP contribution in [0.2, 0.25) is 0 Å². The Labute approximate surface area is 126 Å². The molecule has 2 aliphatic heterocycles. The Balaban J connectivity index is 2.02. The van der Waals surface area contributed by atoms with Crippen LogP contribution in [0.4, 0.5) is 18.0 Å². The zero-order valence-corrected chi connectivity index (χ0v) is 12.8. The van der Waals surface area contributed by atoms with Crippen molar-refractivity contribution < 1.29 is 32.2 Å². The molecule has 0 unspecified atom stereocenters. The first-order valence-electron chi connectivity index (χ1n) is 7.14. The third kappa shape index (κ3) is 3.37. The van der Waals surface area contributed by atoms with E-state index in [0.717, 1.165) is 0 Å². The quantitative estimate of drug-likeness (QED) is 0.848. The SMILES string of the molecule is CC(C)(C)OC(=O)NC12CCC(C(=O)C(F)(F)F)(CC1)OC2. The van der Waals surface area contributed by atoms with Crippen molar-refractivity contribution in [2.45, 2.75) is 69.4 Å². The second-order valence-electron chi connectivity index (χ2n) is 7.02. The highest BCUT2D eigenvalue weighted by molar-refractivity contribution is 5.92. The summed E-state index contributed by atoms with van der Waals surface area (Å²) in [5.74, 6) is -1.83. The first kappa shape index (κ1) is 17.1. The number of fused-ring (bicyclic) bond motifs is 3. The number of carbonyl (C=O) groups excluding carboxylic acids is 2. The number of hydrogen-bond acceptors (Lipinski definition) is 4. The average molecular weight is 323 g/mol. The Morgan fingerprint density at radius 1 is 1.09 bits per heavy atom. The van der Waals surface area contributed by atoms with Gasteiger partial charge in [0.15, 0.2) is 0 Å². The van der Waals surface area contributed by atoms with Crippen molar-refractivity contribution in [2.75, 3.05) is 6.61 Å². The molecule has 2 saturated heterocycles. The fourth-order valence-corrected chi connectivity index (χ4v) is 2.93. The predicted octanol–water partition coefficient (Wildman–Crippen LogP) is 2.72. The van der Waals surface area contributed by atoms with Gasteiger partial charge in [0.2, 0.25) is 0 Å². The van der Waals surface area contributed by atoms with Crippen molar-refractivity contribution in [3.63, 3.8) is 0 Å². The highest BCUT2D eigenvalue weighted by atomic mass is 19.4. The van der Waals surface area contributed by atoms with Gasteiger partial charge in [0.25, 0.3) is 5.78 Å². The topological polar surface area (TPSA) is 64.6 Å². The molecule has 2 heterocycles. The summed E-state index contributed by atoms with van der Waals surface area (Å²) < 4.78 is 48.4. The highest BCUT2D eigenvalue weighted by Crippen LogP contribution is 2.46. The number of halogens is 3. The van der Waals surface area contributed by atoms with Gasteiger partial charge in [-0.2, -0.15) is 13.2 Å². The molecule has 0 aromatic rings. The lowest BCUT2D eigenvalue weighted by Crippen LogP contribution is -2.66. The number of carbonyl (C=O) groups is 2. The summed E-state index contributed by atoms with van der Waals surface area (Å²) in [6, 6.07) is 0. The lowest BCUT2D eigenvalue weighted by Gasteiger charge is -2.52. The molecule has 0 aromatic heterocycles. The summed E-state index contributed by atoms with van der Waals surface area (Å²) in [4.78, 5) is 23.4. The number of rotatable bonds is 2. The molecular formula is C14H20F3NO4. The second kappa shape index (κ2) is 5.11. The molecule has 0 radical (unpaired) electrons. The van der Waals surface area contributed by atoms with Gasteiger partial charge in [0.05, 0.1) is 12.1 Å². The molecule has 0 atom stereocenters. The van der Waals surface area contributed by atoms with E-state index in [1.807, 2.05) is 0 Å². The van der Waals surface area contributed by atoms with E-state index in [-0.39, 0.29) is 32.3 Å². The Hall–Kier alpha value is -1.31. The van der Waals surface area contributed by atoms with Gasteiger partial charge in [0.1, 0.15) is 11.2 Å².